The van der Waals surface area contributed by atoms with Gasteiger partial charge < -0.3 is 0 Å². The Labute approximate surface area is 282 Å². The van der Waals surface area contributed by atoms with E-state index in [2.05, 4.69) is 38.2 Å². The lowest BCUT2D eigenvalue weighted by molar-refractivity contribution is -0.673. The predicted molar refractivity (Wildman–Crippen MR) is 199 cm³/mol. The second kappa shape index (κ2) is 29.5. The van der Waals surface area contributed by atoms with Crippen LogP contribution in [0.1, 0.15) is 194 Å². The number of hydrogen-bond acceptors (Lipinski definition) is 4. The zero-order chi connectivity index (χ0) is 33.5. The first-order chi connectivity index (χ1) is 21.6. The summed E-state index contributed by atoms with van der Waals surface area (Å²) in [4.78, 5) is 0. The standard InChI is InChI=1S/C38H76NO4S2/c1-5-7-9-11-13-15-17-19-21-23-25-27-29-31-33-35-37-39(44(3,40)41,45(4,42)43)38-36-34-32-30-28-26-24-22-20-18-16-14-12-10-8-6-2/h19-22H,5-18,23-38H2,1-4H3/q+1/b21-19-,22-20-. The molecule has 45 heavy (non-hydrogen) atoms. The van der Waals surface area contributed by atoms with Gasteiger partial charge in [0, 0.05) is 0 Å². The molecule has 0 rings (SSSR count). The van der Waals surface area contributed by atoms with E-state index in [4.69, 9.17) is 0 Å². The van der Waals surface area contributed by atoms with Gasteiger partial charge in [0.05, 0.1) is 12.5 Å². The van der Waals surface area contributed by atoms with Crippen molar-refractivity contribution in [2.45, 2.75) is 194 Å². The molecular formula is C38H76NO4S2+. The fourth-order valence-electron chi connectivity index (χ4n) is 6.22. The third kappa shape index (κ3) is 24.2. The molecule has 0 N–H and O–H groups in total. The minimum Gasteiger partial charge on any atom is -0.173 e. The van der Waals surface area contributed by atoms with Crippen LogP contribution in [0.3, 0.4) is 0 Å². The highest BCUT2D eigenvalue weighted by Gasteiger charge is 2.47. The topological polar surface area (TPSA) is 68.3 Å². The Balaban J connectivity index is 4.16. The summed E-state index contributed by atoms with van der Waals surface area (Å²) in [6.45, 7) is 4.85. The average molecular weight is 675 g/mol. The summed E-state index contributed by atoms with van der Waals surface area (Å²) in [6.07, 6.45) is 44.4. The number of unbranched alkanes of at least 4 members (excludes halogenated alkanes) is 24. The molecule has 5 nitrogen and oxygen atoms in total. The van der Waals surface area contributed by atoms with Crippen LogP contribution in [0, 0.1) is 0 Å². The van der Waals surface area contributed by atoms with Gasteiger partial charge in [0.25, 0.3) is 0 Å². The first-order valence-corrected chi connectivity index (χ1v) is 22.9. The van der Waals surface area contributed by atoms with Crippen molar-refractivity contribution in [3.8, 4) is 0 Å². The molecule has 0 amide bonds. The fourth-order valence-corrected chi connectivity index (χ4v) is 10.0. The number of allylic oxidation sites excluding steroid dienone is 4. The van der Waals surface area contributed by atoms with Gasteiger partial charge in [0.2, 0.25) is 0 Å². The van der Waals surface area contributed by atoms with Crippen molar-refractivity contribution in [3.05, 3.63) is 24.3 Å². The van der Waals surface area contributed by atoms with E-state index in [1.807, 2.05) is 0 Å². The maximum atomic E-state index is 12.9. The second-order valence-corrected chi connectivity index (χ2v) is 18.2. The van der Waals surface area contributed by atoms with E-state index in [0.29, 0.717) is 12.8 Å². The van der Waals surface area contributed by atoms with Crippen LogP contribution in [0.2, 0.25) is 0 Å². The van der Waals surface area contributed by atoms with Crippen molar-refractivity contribution in [1.82, 2.24) is 0 Å². The summed E-state index contributed by atoms with van der Waals surface area (Å²) in [6, 6.07) is 0. The molecule has 0 unspecified atom stereocenters. The van der Waals surface area contributed by atoms with E-state index in [0.717, 1.165) is 63.9 Å². The molecule has 0 aromatic carbocycles. The molecule has 0 saturated heterocycles. The Morgan fingerprint density at radius 2 is 0.578 bits per heavy atom. The van der Waals surface area contributed by atoms with Gasteiger partial charge in [-0.25, -0.2) is 0 Å². The highest BCUT2D eigenvalue weighted by Crippen LogP contribution is 2.25. The summed E-state index contributed by atoms with van der Waals surface area (Å²) < 4.78 is 50.7. The normalized spacial score (nSPS) is 13.1. The summed E-state index contributed by atoms with van der Waals surface area (Å²) in [5, 5.41) is 0. The fraction of sp³-hybridized carbons (Fsp3) is 0.895. The van der Waals surface area contributed by atoms with Gasteiger partial charge in [-0.05, 0) is 77.0 Å². The van der Waals surface area contributed by atoms with Gasteiger partial charge in [-0.15, -0.1) is 3.29 Å². The highest BCUT2D eigenvalue weighted by molar-refractivity contribution is 7.97. The van der Waals surface area contributed by atoms with Crippen LogP contribution in [0.5, 0.6) is 0 Å². The Morgan fingerprint density at radius 1 is 0.356 bits per heavy atom. The molecule has 0 aromatic heterocycles. The highest BCUT2D eigenvalue weighted by atomic mass is 32.3. The Bertz CT molecular complexity index is 849. The van der Waals surface area contributed by atoms with Crippen LogP contribution in [0.25, 0.3) is 0 Å². The van der Waals surface area contributed by atoms with Gasteiger partial charge in [0.15, 0.2) is 0 Å². The third-order valence-electron chi connectivity index (χ3n) is 9.23. The lowest BCUT2D eigenvalue weighted by Gasteiger charge is -2.33. The lowest BCUT2D eigenvalue weighted by atomic mass is 10.1. The van der Waals surface area contributed by atoms with E-state index < -0.39 is 23.3 Å². The Hall–Kier alpha value is -0.660. The zero-order valence-corrected chi connectivity index (χ0v) is 32.1. The summed E-state index contributed by atoms with van der Waals surface area (Å²) in [5.74, 6) is 0. The van der Waals surface area contributed by atoms with E-state index in [9.17, 15) is 16.8 Å². The number of sulfonamides is 2. The van der Waals surface area contributed by atoms with Crippen LogP contribution < -0.4 is 0 Å². The third-order valence-corrected chi connectivity index (χ3v) is 14.0. The van der Waals surface area contributed by atoms with Crippen molar-refractivity contribution in [1.29, 1.82) is 0 Å². The van der Waals surface area contributed by atoms with Crippen LogP contribution in [0.15, 0.2) is 24.3 Å². The summed E-state index contributed by atoms with van der Waals surface area (Å²) >= 11 is 0. The smallest absolute Gasteiger partial charge is 0.173 e. The lowest BCUT2D eigenvalue weighted by Crippen LogP contribution is -2.56. The molecule has 0 atom stereocenters. The van der Waals surface area contributed by atoms with Crippen molar-refractivity contribution < 1.29 is 20.1 Å². The molecule has 0 aliphatic carbocycles. The molecule has 0 aromatic rings. The maximum absolute atomic E-state index is 12.9. The molecule has 0 aliphatic heterocycles. The SMILES string of the molecule is CCCCCCCC/C=C\CCCCCCCC[N+](CCCCCCCC/C=C\CCCCCCCC)(S(C)(=O)=O)S(C)(=O)=O. The molecule has 0 fully saturated rings. The van der Waals surface area contributed by atoms with E-state index >= 15 is 0 Å². The van der Waals surface area contributed by atoms with Gasteiger partial charge in [0.1, 0.15) is 13.1 Å². The van der Waals surface area contributed by atoms with Gasteiger partial charge in [-0.1, -0.05) is 141 Å². The summed E-state index contributed by atoms with van der Waals surface area (Å²) in [7, 11) is -7.58. The van der Waals surface area contributed by atoms with Crippen molar-refractivity contribution in [2.24, 2.45) is 0 Å². The molecular weight excluding hydrogens is 599 g/mol. The van der Waals surface area contributed by atoms with Crippen LogP contribution in [-0.2, 0) is 20.0 Å². The van der Waals surface area contributed by atoms with Crippen LogP contribution in [-0.4, -0.2) is 45.7 Å². The minimum atomic E-state index is -3.79. The first-order valence-electron chi connectivity index (χ1n) is 19.2. The van der Waals surface area contributed by atoms with Crippen molar-refractivity contribution >= 4 is 20.0 Å². The Morgan fingerprint density at radius 3 is 0.822 bits per heavy atom. The number of rotatable bonds is 34. The molecule has 0 bridgehead atoms. The molecule has 0 radical (unpaired) electrons. The molecule has 0 saturated carbocycles. The monoisotopic (exact) mass is 675 g/mol. The van der Waals surface area contributed by atoms with E-state index in [1.165, 1.54) is 116 Å². The van der Waals surface area contributed by atoms with Gasteiger partial charge in [-0.2, -0.15) is 16.8 Å². The van der Waals surface area contributed by atoms with Crippen molar-refractivity contribution in [2.75, 3.05) is 25.6 Å². The molecule has 0 spiro atoms. The quantitative estimate of drug-likeness (QED) is 0.0387. The van der Waals surface area contributed by atoms with Crippen LogP contribution >= 0.6 is 0 Å². The number of hydrogen-bond donors (Lipinski definition) is 0. The minimum absolute atomic E-state index is 0.171. The second-order valence-electron chi connectivity index (χ2n) is 13.6. The number of quaternary nitrogens is 1. The first kappa shape index (κ1) is 44.3. The van der Waals surface area contributed by atoms with E-state index in [-0.39, 0.29) is 13.1 Å². The number of nitrogens with zero attached hydrogens (tertiary/aromatic N) is 1. The molecule has 0 aliphatic rings. The molecule has 268 valence electrons. The molecule has 7 heteroatoms. The van der Waals surface area contributed by atoms with Crippen molar-refractivity contribution in [3.63, 3.8) is 0 Å². The maximum Gasteiger partial charge on any atom is 0.308 e. The predicted octanol–water partition coefficient (Wildman–Crippen LogP) is 11.8. The van der Waals surface area contributed by atoms with Crippen LogP contribution in [0.4, 0.5) is 0 Å². The van der Waals surface area contributed by atoms with Gasteiger partial charge >= 0.3 is 20.0 Å². The summed E-state index contributed by atoms with van der Waals surface area (Å²) in [5.41, 5.74) is 0. The largest absolute Gasteiger partial charge is 0.308 e. The van der Waals surface area contributed by atoms with E-state index in [1.54, 1.807) is 0 Å². The van der Waals surface area contributed by atoms with Gasteiger partial charge in [-0.3, -0.25) is 0 Å². The molecule has 0 heterocycles. The zero-order valence-electron chi connectivity index (χ0n) is 30.4. The average Bonchev–Trinajstić information content (AvgIpc) is 2.98. The Kier molecular flexibility index (Phi) is 29.0.